The van der Waals surface area contributed by atoms with E-state index in [0.717, 1.165) is 12.5 Å². The molecule has 1 aromatic carbocycles. The summed E-state index contributed by atoms with van der Waals surface area (Å²) < 4.78 is 31.5. The Bertz CT molecular complexity index is 329. The Labute approximate surface area is 88.0 Å². The molecular formula is C11H15F2NO. The number of benzene rings is 1. The first-order chi connectivity index (χ1) is 7.19. The molecule has 1 rings (SSSR count). The third-order valence-corrected chi connectivity index (χ3v) is 1.95. The Morgan fingerprint density at radius 2 is 2.07 bits per heavy atom. The standard InChI is InChI=1S/C11H15F2NO/c1-2-5-15-11-8(3-4-14)6-9(12)7-10(11)13/h6-7H,2-5,14H2,1H3. The predicted octanol–water partition coefficient (Wildman–Crippen LogP) is 2.25. The molecule has 0 saturated heterocycles. The highest BCUT2D eigenvalue weighted by Crippen LogP contribution is 2.24. The zero-order valence-corrected chi connectivity index (χ0v) is 8.72. The summed E-state index contributed by atoms with van der Waals surface area (Å²) in [7, 11) is 0. The van der Waals surface area contributed by atoms with Crippen LogP contribution in [0.4, 0.5) is 8.78 Å². The normalized spacial score (nSPS) is 10.4. The largest absolute Gasteiger partial charge is 0.490 e. The lowest BCUT2D eigenvalue weighted by molar-refractivity contribution is 0.297. The highest BCUT2D eigenvalue weighted by molar-refractivity contribution is 5.35. The Morgan fingerprint density at radius 3 is 2.67 bits per heavy atom. The average molecular weight is 215 g/mol. The molecule has 0 heterocycles. The molecule has 0 aliphatic carbocycles. The van der Waals surface area contributed by atoms with Crippen LogP contribution in [0.15, 0.2) is 12.1 Å². The highest BCUT2D eigenvalue weighted by Gasteiger charge is 2.11. The summed E-state index contributed by atoms with van der Waals surface area (Å²) in [5, 5.41) is 0. The van der Waals surface area contributed by atoms with Crippen molar-refractivity contribution in [3.8, 4) is 5.75 Å². The van der Waals surface area contributed by atoms with Crippen molar-refractivity contribution in [2.45, 2.75) is 19.8 Å². The minimum Gasteiger partial charge on any atom is -0.490 e. The maximum absolute atomic E-state index is 13.4. The second-order valence-electron chi connectivity index (χ2n) is 3.26. The fourth-order valence-corrected chi connectivity index (χ4v) is 1.32. The SMILES string of the molecule is CCCOc1c(F)cc(F)cc1CCN. The van der Waals surface area contributed by atoms with E-state index in [1.165, 1.54) is 6.07 Å². The van der Waals surface area contributed by atoms with Gasteiger partial charge in [0.1, 0.15) is 5.82 Å². The summed E-state index contributed by atoms with van der Waals surface area (Å²) in [5.74, 6) is -1.13. The lowest BCUT2D eigenvalue weighted by Gasteiger charge is -2.11. The van der Waals surface area contributed by atoms with Crippen LogP contribution in [0.3, 0.4) is 0 Å². The maximum atomic E-state index is 13.4. The molecule has 0 aromatic heterocycles. The van der Waals surface area contributed by atoms with E-state index in [2.05, 4.69) is 0 Å². The minimum absolute atomic E-state index is 0.128. The molecule has 0 spiro atoms. The second kappa shape index (κ2) is 5.66. The molecular weight excluding hydrogens is 200 g/mol. The number of hydrogen-bond donors (Lipinski definition) is 1. The van der Waals surface area contributed by atoms with Crippen molar-refractivity contribution in [3.63, 3.8) is 0 Å². The molecule has 0 amide bonds. The molecule has 0 fully saturated rings. The Balaban J connectivity index is 2.97. The quantitative estimate of drug-likeness (QED) is 0.817. The van der Waals surface area contributed by atoms with Gasteiger partial charge in [-0.3, -0.25) is 0 Å². The van der Waals surface area contributed by atoms with Crippen molar-refractivity contribution in [3.05, 3.63) is 29.3 Å². The molecule has 1 aromatic rings. The van der Waals surface area contributed by atoms with E-state index in [1.807, 2.05) is 6.92 Å². The van der Waals surface area contributed by atoms with E-state index in [9.17, 15) is 8.78 Å². The molecule has 0 bridgehead atoms. The van der Waals surface area contributed by atoms with E-state index in [0.29, 0.717) is 25.1 Å². The molecule has 2 nitrogen and oxygen atoms in total. The molecule has 0 aliphatic rings. The molecule has 0 atom stereocenters. The minimum atomic E-state index is -0.660. The third kappa shape index (κ3) is 3.16. The van der Waals surface area contributed by atoms with Crippen molar-refractivity contribution in [1.82, 2.24) is 0 Å². The first-order valence-electron chi connectivity index (χ1n) is 4.99. The molecule has 2 N–H and O–H groups in total. The first kappa shape index (κ1) is 11.9. The van der Waals surface area contributed by atoms with Crippen molar-refractivity contribution in [1.29, 1.82) is 0 Å². The van der Waals surface area contributed by atoms with Crippen molar-refractivity contribution in [2.24, 2.45) is 5.73 Å². The van der Waals surface area contributed by atoms with Gasteiger partial charge in [-0.15, -0.1) is 0 Å². The Hall–Kier alpha value is -1.16. The van der Waals surface area contributed by atoms with Gasteiger partial charge in [-0.25, -0.2) is 8.78 Å². The van der Waals surface area contributed by atoms with Gasteiger partial charge in [0, 0.05) is 11.6 Å². The summed E-state index contributed by atoms with van der Waals surface area (Å²) >= 11 is 0. The summed E-state index contributed by atoms with van der Waals surface area (Å²) in [4.78, 5) is 0. The van der Waals surface area contributed by atoms with Gasteiger partial charge in [0.25, 0.3) is 0 Å². The van der Waals surface area contributed by atoms with E-state index < -0.39 is 11.6 Å². The van der Waals surface area contributed by atoms with Crippen molar-refractivity contribution >= 4 is 0 Å². The van der Waals surface area contributed by atoms with E-state index in [-0.39, 0.29) is 5.75 Å². The molecule has 0 aliphatic heterocycles. The summed E-state index contributed by atoms with van der Waals surface area (Å²) in [6.07, 6.45) is 1.19. The van der Waals surface area contributed by atoms with Crippen LogP contribution in [0.5, 0.6) is 5.75 Å². The van der Waals surface area contributed by atoms with Crippen molar-refractivity contribution < 1.29 is 13.5 Å². The van der Waals surface area contributed by atoms with Crippen molar-refractivity contribution in [2.75, 3.05) is 13.2 Å². The summed E-state index contributed by atoms with van der Waals surface area (Å²) in [6.45, 7) is 2.68. The van der Waals surface area contributed by atoms with Crippen LogP contribution in [-0.4, -0.2) is 13.2 Å². The Kier molecular flexibility index (Phi) is 4.49. The number of hydrogen-bond acceptors (Lipinski definition) is 2. The summed E-state index contributed by atoms with van der Waals surface area (Å²) in [5.41, 5.74) is 5.85. The van der Waals surface area contributed by atoms with E-state index in [4.69, 9.17) is 10.5 Å². The fraction of sp³-hybridized carbons (Fsp3) is 0.455. The fourth-order valence-electron chi connectivity index (χ4n) is 1.32. The van der Waals surface area contributed by atoms with Gasteiger partial charge in [-0.05, 0) is 25.5 Å². The highest BCUT2D eigenvalue weighted by atomic mass is 19.1. The molecule has 15 heavy (non-hydrogen) atoms. The van der Waals surface area contributed by atoms with Gasteiger partial charge in [-0.2, -0.15) is 0 Å². The lowest BCUT2D eigenvalue weighted by atomic mass is 10.1. The van der Waals surface area contributed by atoms with Gasteiger partial charge in [0.05, 0.1) is 6.61 Å². The van der Waals surface area contributed by atoms with Crippen LogP contribution in [-0.2, 0) is 6.42 Å². The molecule has 4 heteroatoms. The average Bonchev–Trinajstić information content (AvgIpc) is 2.17. The molecule has 84 valence electrons. The Morgan fingerprint density at radius 1 is 1.33 bits per heavy atom. The van der Waals surface area contributed by atoms with Gasteiger partial charge in [-0.1, -0.05) is 6.92 Å². The zero-order valence-electron chi connectivity index (χ0n) is 8.72. The van der Waals surface area contributed by atoms with Crippen LogP contribution in [0, 0.1) is 11.6 Å². The molecule has 0 saturated carbocycles. The van der Waals surface area contributed by atoms with Gasteiger partial charge < -0.3 is 10.5 Å². The van der Waals surface area contributed by atoms with E-state index >= 15 is 0 Å². The molecule has 0 unspecified atom stereocenters. The van der Waals surface area contributed by atoms with Gasteiger partial charge in [0.15, 0.2) is 11.6 Å². The predicted molar refractivity (Wildman–Crippen MR) is 54.9 cm³/mol. The third-order valence-electron chi connectivity index (χ3n) is 1.95. The number of rotatable bonds is 5. The summed E-state index contributed by atoms with van der Waals surface area (Å²) in [6, 6.07) is 2.09. The first-order valence-corrected chi connectivity index (χ1v) is 4.99. The number of ether oxygens (including phenoxy) is 1. The van der Waals surface area contributed by atoms with Gasteiger partial charge >= 0.3 is 0 Å². The number of halogens is 2. The smallest absolute Gasteiger partial charge is 0.168 e. The van der Waals surface area contributed by atoms with Crippen LogP contribution in [0.2, 0.25) is 0 Å². The van der Waals surface area contributed by atoms with Crippen LogP contribution in [0.25, 0.3) is 0 Å². The van der Waals surface area contributed by atoms with Crippen LogP contribution in [0.1, 0.15) is 18.9 Å². The van der Waals surface area contributed by atoms with Gasteiger partial charge in [0.2, 0.25) is 0 Å². The molecule has 0 radical (unpaired) electrons. The monoisotopic (exact) mass is 215 g/mol. The lowest BCUT2D eigenvalue weighted by Crippen LogP contribution is -2.07. The topological polar surface area (TPSA) is 35.2 Å². The van der Waals surface area contributed by atoms with Crippen LogP contribution < -0.4 is 10.5 Å². The van der Waals surface area contributed by atoms with E-state index in [1.54, 1.807) is 0 Å². The van der Waals surface area contributed by atoms with Crippen LogP contribution >= 0.6 is 0 Å². The maximum Gasteiger partial charge on any atom is 0.168 e. The number of nitrogens with two attached hydrogens (primary N) is 1. The second-order valence-corrected chi connectivity index (χ2v) is 3.26. The zero-order chi connectivity index (χ0) is 11.3.